The van der Waals surface area contributed by atoms with Gasteiger partial charge in [0, 0.05) is 24.0 Å². The van der Waals surface area contributed by atoms with Crippen molar-refractivity contribution in [1.29, 1.82) is 0 Å². The van der Waals surface area contributed by atoms with Crippen LogP contribution in [0.15, 0.2) is 79.1 Å². The molecule has 2 N–H and O–H groups in total. The number of carbonyl (C=O) groups is 2. The van der Waals surface area contributed by atoms with Gasteiger partial charge >= 0.3 is 12.0 Å². The first-order valence-electron chi connectivity index (χ1n) is 9.80. The highest BCUT2D eigenvalue weighted by Gasteiger charge is 2.25. The highest BCUT2D eigenvalue weighted by atomic mass is 16.6. The van der Waals surface area contributed by atoms with E-state index in [1.165, 1.54) is 0 Å². The smallest absolute Gasteiger partial charge is 0.324 e. The van der Waals surface area contributed by atoms with Crippen molar-refractivity contribution in [1.82, 2.24) is 14.8 Å². The fourth-order valence-electron chi connectivity index (χ4n) is 3.26. The summed E-state index contributed by atoms with van der Waals surface area (Å²) in [6.45, 7) is 0. The third-order valence-electron chi connectivity index (χ3n) is 4.69. The molecule has 1 aliphatic heterocycles. The van der Waals surface area contributed by atoms with Gasteiger partial charge in [0.1, 0.15) is 11.6 Å². The zero-order valence-corrected chi connectivity index (χ0v) is 16.7. The quantitative estimate of drug-likeness (QED) is 0.463. The molecule has 4 aromatic rings. The molecule has 9 heteroatoms. The number of esters is 1. The van der Waals surface area contributed by atoms with Gasteiger partial charge in [-0.1, -0.05) is 18.2 Å². The molecule has 5 rings (SSSR count). The molecule has 158 valence electrons. The minimum absolute atomic E-state index is 0.133. The van der Waals surface area contributed by atoms with E-state index >= 15 is 0 Å². The summed E-state index contributed by atoms with van der Waals surface area (Å²) >= 11 is 0. The SMILES string of the molecule is O=C(Nc1ccc(Oc2ccnc3c2OC(=O)C3)cc1)Nc1ccnn1-c1ccccc1. The average Bonchev–Trinajstić information content (AvgIpc) is 3.42. The third kappa shape index (κ3) is 3.99. The van der Waals surface area contributed by atoms with Gasteiger partial charge in [-0.25, -0.2) is 9.48 Å². The highest BCUT2D eigenvalue weighted by Crippen LogP contribution is 2.37. The van der Waals surface area contributed by atoms with Crippen LogP contribution in [0, 0.1) is 0 Å². The van der Waals surface area contributed by atoms with E-state index in [1.54, 1.807) is 53.5 Å². The van der Waals surface area contributed by atoms with Crippen LogP contribution in [0.1, 0.15) is 5.69 Å². The first kappa shape index (κ1) is 19.3. The van der Waals surface area contributed by atoms with Crippen LogP contribution in [0.4, 0.5) is 16.3 Å². The van der Waals surface area contributed by atoms with Gasteiger partial charge < -0.3 is 14.8 Å². The summed E-state index contributed by atoms with van der Waals surface area (Å²) in [5.74, 6) is 1.45. The molecule has 32 heavy (non-hydrogen) atoms. The van der Waals surface area contributed by atoms with Crippen molar-refractivity contribution >= 4 is 23.5 Å². The van der Waals surface area contributed by atoms with Crippen LogP contribution in [0.3, 0.4) is 0 Å². The van der Waals surface area contributed by atoms with Crippen LogP contribution in [0.25, 0.3) is 5.69 Å². The van der Waals surface area contributed by atoms with Gasteiger partial charge in [-0.2, -0.15) is 5.10 Å². The monoisotopic (exact) mass is 427 g/mol. The van der Waals surface area contributed by atoms with Crippen LogP contribution in [-0.2, 0) is 11.2 Å². The summed E-state index contributed by atoms with van der Waals surface area (Å²) in [6.07, 6.45) is 3.31. The number of nitrogens with one attached hydrogen (secondary N) is 2. The predicted octanol–water partition coefficient (Wildman–Crippen LogP) is 4.17. The molecular formula is C23H17N5O4. The molecule has 9 nitrogen and oxygen atoms in total. The third-order valence-corrected chi connectivity index (χ3v) is 4.69. The van der Waals surface area contributed by atoms with Crippen molar-refractivity contribution in [2.45, 2.75) is 6.42 Å². The Morgan fingerprint density at radius 2 is 1.78 bits per heavy atom. The number of nitrogens with zero attached hydrogens (tertiary/aromatic N) is 3. The van der Waals surface area contributed by atoms with E-state index in [4.69, 9.17) is 9.47 Å². The Kier molecular flexibility index (Phi) is 4.97. The van der Waals surface area contributed by atoms with Crippen LogP contribution in [0.2, 0.25) is 0 Å². The summed E-state index contributed by atoms with van der Waals surface area (Å²) in [7, 11) is 0. The Morgan fingerprint density at radius 3 is 2.59 bits per heavy atom. The lowest BCUT2D eigenvalue weighted by atomic mass is 10.2. The van der Waals surface area contributed by atoms with E-state index < -0.39 is 6.03 Å². The lowest BCUT2D eigenvalue weighted by Gasteiger charge is -2.11. The van der Waals surface area contributed by atoms with Crippen molar-refractivity contribution in [3.05, 3.63) is 84.8 Å². The Hall–Kier alpha value is -4.66. The number of carbonyl (C=O) groups excluding carboxylic acids is 2. The summed E-state index contributed by atoms with van der Waals surface area (Å²) in [5.41, 5.74) is 1.96. The van der Waals surface area contributed by atoms with Gasteiger partial charge in [0.2, 0.25) is 0 Å². The molecule has 0 radical (unpaired) electrons. The van der Waals surface area contributed by atoms with Gasteiger partial charge in [-0.3, -0.25) is 15.1 Å². The van der Waals surface area contributed by atoms with Gasteiger partial charge in [-0.15, -0.1) is 0 Å². The number of aromatic nitrogens is 3. The molecule has 2 aromatic carbocycles. The Bertz CT molecular complexity index is 1290. The molecule has 2 aromatic heterocycles. The second-order valence-electron chi connectivity index (χ2n) is 6.91. The van der Waals surface area contributed by atoms with Gasteiger partial charge in [0.25, 0.3) is 0 Å². The molecule has 0 fully saturated rings. The van der Waals surface area contributed by atoms with Gasteiger partial charge in [0.15, 0.2) is 11.5 Å². The summed E-state index contributed by atoms with van der Waals surface area (Å²) < 4.78 is 12.6. The molecule has 2 amide bonds. The average molecular weight is 427 g/mol. The summed E-state index contributed by atoms with van der Waals surface area (Å²) in [4.78, 5) is 28.1. The fourth-order valence-corrected chi connectivity index (χ4v) is 3.26. The number of hydrogen-bond donors (Lipinski definition) is 2. The zero-order valence-electron chi connectivity index (χ0n) is 16.7. The molecule has 0 bridgehead atoms. The van der Waals surface area contributed by atoms with Gasteiger partial charge in [-0.05, 0) is 36.4 Å². The molecule has 0 aliphatic carbocycles. The molecule has 0 atom stereocenters. The molecular weight excluding hydrogens is 410 g/mol. The lowest BCUT2D eigenvalue weighted by molar-refractivity contribution is -0.131. The van der Waals surface area contributed by atoms with Crippen molar-refractivity contribution in [2.24, 2.45) is 0 Å². The van der Waals surface area contributed by atoms with Gasteiger partial charge in [0.05, 0.1) is 24.0 Å². The van der Waals surface area contributed by atoms with Crippen molar-refractivity contribution in [3.63, 3.8) is 0 Å². The van der Waals surface area contributed by atoms with Crippen molar-refractivity contribution in [2.75, 3.05) is 10.6 Å². The second kappa shape index (κ2) is 8.23. The Morgan fingerprint density at radius 1 is 0.969 bits per heavy atom. The first-order chi connectivity index (χ1) is 15.7. The van der Waals surface area contributed by atoms with E-state index in [1.807, 2.05) is 30.3 Å². The first-order valence-corrected chi connectivity index (χ1v) is 9.80. The maximum Gasteiger partial charge on any atom is 0.324 e. The topological polar surface area (TPSA) is 107 Å². The van der Waals surface area contributed by atoms with Crippen molar-refractivity contribution in [3.8, 4) is 22.9 Å². The molecule has 1 aliphatic rings. The van der Waals surface area contributed by atoms with Crippen LogP contribution < -0.4 is 20.1 Å². The highest BCUT2D eigenvalue weighted by molar-refractivity contribution is 5.99. The molecule has 0 unspecified atom stereocenters. The number of amides is 2. The second-order valence-corrected chi connectivity index (χ2v) is 6.91. The molecule has 3 heterocycles. The molecule has 0 saturated heterocycles. The number of benzene rings is 2. The standard InChI is InChI=1S/C23H17N5O4/c29-21-14-18-22(32-21)19(10-12-24-18)31-17-8-6-15(7-9-17)26-23(30)27-20-11-13-25-28(20)16-4-2-1-3-5-16/h1-13H,14H2,(H2,26,27,30). The summed E-state index contributed by atoms with van der Waals surface area (Å²) in [6, 6.07) is 19.3. The largest absolute Gasteiger partial charge is 0.453 e. The zero-order chi connectivity index (χ0) is 21.9. The number of rotatable bonds is 5. The predicted molar refractivity (Wildman–Crippen MR) is 116 cm³/mol. The Balaban J connectivity index is 1.24. The number of fused-ring (bicyclic) bond motifs is 1. The molecule has 0 saturated carbocycles. The number of urea groups is 1. The van der Waals surface area contributed by atoms with Crippen LogP contribution in [-0.4, -0.2) is 26.8 Å². The minimum Gasteiger partial charge on any atom is -0.453 e. The number of para-hydroxylation sites is 1. The maximum atomic E-state index is 12.4. The minimum atomic E-state index is -0.407. The lowest BCUT2D eigenvalue weighted by Crippen LogP contribution is -2.21. The van der Waals surface area contributed by atoms with E-state index in [9.17, 15) is 9.59 Å². The normalized spacial score (nSPS) is 12.1. The number of pyridine rings is 1. The number of ether oxygens (including phenoxy) is 2. The van der Waals surface area contributed by atoms with E-state index in [0.29, 0.717) is 34.4 Å². The van der Waals surface area contributed by atoms with E-state index in [2.05, 4.69) is 20.7 Å². The van der Waals surface area contributed by atoms with E-state index in [0.717, 1.165) is 5.69 Å². The number of anilines is 2. The molecule has 0 spiro atoms. The van der Waals surface area contributed by atoms with E-state index in [-0.39, 0.29) is 12.4 Å². The fraction of sp³-hybridized carbons (Fsp3) is 0.0435. The maximum absolute atomic E-state index is 12.4. The summed E-state index contributed by atoms with van der Waals surface area (Å²) in [5, 5.41) is 9.81. The van der Waals surface area contributed by atoms with Crippen LogP contribution >= 0.6 is 0 Å². The van der Waals surface area contributed by atoms with Crippen LogP contribution in [0.5, 0.6) is 17.2 Å². The Labute approximate surface area is 182 Å². The number of hydrogen-bond acceptors (Lipinski definition) is 6. The van der Waals surface area contributed by atoms with Crippen molar-refractivity contribution < 1.29 is 19.1 Å².